The van der Waals surface area contributed by atoms with E-state index in [4.69, 9.17) is 4.74 Å². The van der Waals surface area contributed by atoms with Gasteiger partial charge >= 0.3 is 0 Å². The van der Waals surface area contributed by atoms with Crippen LogP contribution in [-0.2, 0) is 6.54 Å². The predicted molar refractivity (Wildman–Crippen MR) is 78.6 cm³/mol. The molecule has 100 valence electrons. The number of hydrogen-bond donors (Lipinski definition) is 2. The van der Waals surface area contributed by atoms with Gasteiger partial charge in [0, 0.05) is 19.6 Å². The van der Waals surface area contributed by atoms with Crippen molar-refractivity contribution < 1.29 is 4.74 Å². The van der Waals surface area contributed by atoms with Crippen molar-refractivity contribution in [3.05, 3.63) is 60.2 Å². The van der Waals surface area contributed by atoms with Gasteiger partial charge in [-0.15, -0.1) is 0 Å². The summed E-state index contributed by atoms with van der Waals surface area (Å²) in [6, 6.07) is 18.0. The molecule has 0 unspecified atom stereocenters. The number of para-hydroxylation sites is 1. The average Bonchev–Trinajstić information content (AvgIpc) is 2.46. The fourth-order valence-electron chi connectivity index (χ4n) is 1.75. The lowest BCUT2D eigenvalue weighted by Gasteiger charge is -2.07. The molecular formula is C16H20N2O. The summed E-state index contributed by atoms with van der Waals surface area (Å²) in [4.78, 5) is 0. The highest BCUT2D eigenvalue weighted by molar-refractivity contribution is 5.32. The third-order valence-corrected chi connectivity index (χ3v) is 2.78. The van der Waals surface area contributed by atoms with Gasteiger partial charge in [0.15, 0.2) is 0 Å². The Hall–Kier alpha value is -1.84. The lowest BCUT2D eigenvalue weighted by Crippen LogP contribution is -2.24. The zero-order valence-electron chi connectivity index (χ0n) is 11.2. The molecule has 0 atom stereocenters. The molecule has 2 rings (SSSR count). The quantitative estimate of drug-likeness (QED) is 0.747. The van der Waals surface area contributed by atoms with E-state index in [2.05, 4.69) is 22.8 Å². The number of ether oxygens (including phenoxy) is 1. The summed E-state index contributed by atoms with van der Waals surface area (Å²) < 4.78 is 5.75. The van der Waals surface area contributed by atoms with E-state index in [-0.39, 0.29) is 0 Å². The van der Waals surface area contributed by atoms with Gasteiger partial charge in [-0.05, 0) is 36.9 Å². The van der Waals surface area contributed by atoms with Crippen LogP contribution in [0, 0.1) is 0 Å². The molecule has 2 aromatic rings. The van der Waals surface area contributed by atoms with E-state index in [9.17, 15) is 0 Å². The average molecular weight is 256 g/mol. The Morgan fingerprint density at radius 3 is 2.21 bits per heavy atom. The molecule has 0 aliphatic rings. The lowest BCUT2D eigenvalue weighted by atomic mass is 10.2. The van der Waals surface area contributed by atoms with Gasteiger partial charge in [0.25, 0.3) is 0 Å². The molecule has 0 saturated carbocycles. The number of hydrogen-bond acceptors (Lipinski definition) is 3. The lowest BCUT2D eigenvalue weighted by molar-refractivity contribution is 0.482. The van der Waals surface area contributed by atoms with E-state index in [1.807, 2.05) is 49.5 Å². The Morgan fingerprint density at radius 2 is 1.53 bits per heavy atom. The molecule has 0 heterocycles. The van der Waals surface area contributed by atoms with Crippen LogP contribution < -0.4 is 15.4 Å². The van der Waals surface area contributed by atoms with Crippen LogP contribution >= 0.6 is 0 Å². The summed E-state index contributed by atoms with van der Waals surface area (Å²) in [5.41, 5.74) is 1.26. The van der Waals surface area contributed by atoms with Crippen molar-refractivity contribution in [2.24, 2.45) is 0 Å². The molecule has 2 aromatic carbocycles. The first-order valence-corrected chi connectivity index (χ1v) is 6.55. The van der Waals surface area contributed by atoms with Crippen LogP contribution in [0.1, 0.15) is 5.56 Å². The third-order valence-electron chi connectivity index (χ3n) is 2.78. The van der Waals surface area contributed by atoms with Gasteiger partial charge in [0.1, 0.15) is 11.5 Å². The van der Waals surface area contributed by atoms with E-state index in [1.54, 1.807) is 0 Å². The van der Waals surface area contributed by atoms with Gasteiger partial charge in [-0.25, -0.2) is 0 Å². The first-order chi connectivity index (χ1) is 9.38. The summed E-state index contributed by atoms with van der Waals surface area (Å²) in [6.45, 7) is 2.83. The summed E-state index contributed by atoms with van der Waals surface area (Å²) in [5.74, 6) is 1.73. The number of nitrogens with one attached hydrogen (secondary N) is 2. The van der Waals surface area contributed by atoms with E-state index < -0.39 is 0 Å². The van der Waals surface area contributed by atoms with E-state index in [0.717, 1.165) is 31.1 Å². The van der Waals surface area contributed by atoms with Crippen LogP contribution in [0.4, 0.5) is 0 Å². The minimum Gasteiger partial charge on any atom is -0.457 e. The van der Waals surface area contributed by atoms with E-state index in [1.165, 1.54) is 5.56 Å². The molecule has 0 radical (unpaired) electrons. The summed E-state index contributed by atoms with van der Waals surface area (Å²) >= 11 is 0. The Morgan fingerprint density at radius 1 is 0.842 bits per heavy atom. The van der Waals surface area contributed by atoms with Crippen molar-refractivity contribution in [1.29, 1.82) is 0 Å². The highest BCUT2D eigenvalue weighted by Crippen LogP contribution is 2.20. The number of rotatable bonds is 7. The molecule has 0 aliphatic heterocycles. The van der Waals surface area contributed by atoms with E-state index >= 15 is 0 Å². The molecule has 0 aromatic heterocycles. The maximum absolute atomic E-state index is 5.75. The first-order valence-electron chi connectivity index (χ1n) is 6.55. The van der Waals surface area contributed by atoms with Gasteiger partial charge in [-0.2, -0.15) is 0 Å². The SMILES string of the molecule is CNCCNCc1ccc(Oc2ccccc2)cc1. The summed E-state index contributed by atoms with van der Waals surface area (Å²) in [6.07, 6.45) is 0. The highest BCUT2D eigenvalue weighted by atomic mass is 16.5. The maximum atomic E-state index is 5.75. The summed E-state index contributed by atoms with van der Waals surface area (Å²) in [5, 5.41) is 6.48. The van der Waals surface area contributed by atoms with Gasteiger partial charge in [0.2, 0.25) is 0 Å². The monoisotopic (exact) mass is 256 g/mol. The zero-order chi connectivity index (χ0) is 13.3. The second-order valence-corrected chi connectivity index (χ2v) is 4.34. The first kappa shape index (κ1) is 13.6. The Kier molecular flexibility index (Phi) is 5.41. The fraction of sp³-hybridized carbons (Fsp3) is 0.250. The molecule has 0 spiro atoms. The zero-order valence-corrected chi connectivity index (χ0v) is 11.2. The van der Waals surface area contributed by atoms with Crippen molar-refractivity contribution in [2.45, 2.75) is 6.54 Å². The normalized spacial score (nSPS) is 10.4. The van der Waals surface area contributed by atoms with Gasteiger partial charge in [0.05, 0.1) is 0 Å². The molecule has 3 heteroatoms. The van der Waals surface area contributed by atoms with Gasteiger partial charge in [-0.3, -0.25) is 0 Å². The van der Waals surface area contributed by atoms with Crippen LogP contribution in [0.25, 0.3) is 0 Å². The Balaban J connectivity index is 1.84. The van der Waals surface area contributed by atoms with Crippen LogP contribution in [0.2, 0.25) is 0 Å². The smallest absolute Gasteiger partial charge is 0.127 e. The molecule has 0 amide bonds. The van der Waals surface area contributed by atoms with Crippen LogP contribution in [0.5, 0.6) is 11.5 Å². The van der Waals surface area contributed by atoms with Crippen molar-refractivity contribution in [2.75, 3.05) is 20.1 Å². The predicted octanol–water partition coefficient (Wildman–Crippen LogP) is 2.79. The molecule has 2 N–H and O–H groups in total. The molecule has 3 nitrogen and oxygen atoms in total. The standard InChI is InChI=1S/C16H20N2O/c1-17-11-12-18-13-14-7-9-16(10-8-14)19-15-5-3-2-4-6-15/h2-10,17-18H,11-13H2,1H3. The van der Waals surface area contributed by atoms with Crippen LogP contribution in [-0.4, -0.2) is 20.1 Å². The molecule has 0 fully saturated rings. The Labute approximate surface area is 114 Å². The van der Waals surface area contributed by atoms with Gasteiger partial charge in [-0.1, -0.05) is 30.3 Å². The molecular weight excluding hydrogens is 236 g/mol. The van der Waals surface area contributed by atoms with Gasteiger partial charge < -0.3 is 15.4 Å². The minimum absolute atomic E-state index is 0.863. The third kappa shape index (κ3) is 4.73. The van der Waals surface area contributed by atoms with Crippen molar-refractivity contribution in [3.8, 4) is 11.5 Å². The maximum Gasteiger partial charge on any atom is 0.127 e. The molecule has 0 bridgehead atoms. The van der Waals surface area contributed by atoms with Crippen LogP contribution in [0.15, 0.2) is 54.6 Å². The van der Waals surface area contributed by atoms with Crippen LogP contribution in [0.3, 0.4) is 0 Å². The fourth-order valence-corrected chi connectivity index (χ4v) is 1.75. The molecule has 0 saturated heterocycles. The van der Waals surface area contributed by atoms with E-state index in [0.29, 0.717) is 0 Å². The Bertz CT molecular complexity index is 468. The topological polar surface area (TPSA) is 33.3 Å². The van der Waals surface area contributed by atoms with Crippen molar-refractivity contribution >= 4 is 0 Å². The number of likely N-dealkylation sites (N-methyl/N-ethyl adjacent to an activating group) is 1. The molecule has 19 heavy (non-hydrogen) atoms. The van der Waals surface area contributed by atoms with Crippen molar-refractivity contribution in [3.63, 3.8) is 0 Å². The highest BCUT2D eigenvalue weighted by Gasteiger charge is 1.97. The number of benzene rings is 2. The summed E-state index contributed by atoms with van der Waals surface area (Å²) in [7, 11) is 1.96. The van der Waals surface area contributed by atoms with Crippen molar-refractivity contribution in [1.82, 2.24) is 10.6 Å². The second-order valence-electron chi connectivity index (χ2n) is 4.34. The largest absolute Gasteiger partial charge is 0.457 e. The minimum atomic E-state index is 0.863. The molecule has 0 aliphatic carbocycles. The second kappa shape index (κ2) is 7.56.